The van der Waals surface area contributed by atoms with E-state index in [1.165, 1.54) is 0 Å². The van der Waals surface area contributed by atoms with E-state index in [0.29, 0.717) is 17.8 Å². The highest BCUT2D eigenvalue weighted by atomic mass is 19.2. The summed E-state index contributed by atoms with van der Waals surface area (Å²) in [7, 11) is 0. The fourth-order valence-electron chi connectivity index (χ4n) is 0.985. The van der Waals surface area contributed by atoms with E-state index in [2.05, 4.69) is 10.2 Å². The van der Waals surface area contributed by atoms with Crippen molar-refractivity contribution in [1.82, 2.24) is 0 Å². The van der Waals surface area contributed by atoms with Crippen molar-refractivity contribution >= 4 is 5.69 Å². The first kappa shape index (κ1) is 6.39. The van der Waals surface area contributed by atoms with Crippen molar-refractivity contribution in [2.75, 3.05) is 0 Å². The van der Waals surface area contributed by atoms with Gasteiger partial charge in [0, 0.05) is 11.6 Å². The minimum Gasteiger partial charge on any atom is -0.204 e. The number of nitrogens with zero attached hydrogens (tertiary/aromatic N) is 2. The van der Waals surface area contributed by atoms with Crippen LogP contribution in [0.15, 0.2) is 22.4 Å². The van der Waals surface area contributed by atoms with Crippen LogP contribution in [0.4, 0.5) is 14.5 Å². The van der Waals surface area contributed by atoms with Crippen LogP contribution in [0.2, 0.25) is 0 Å². The van der Waals surface area contributed by atoms with Crippen LogP contribution in [0.5, 0.6) is 0 Å². The summed E-state index contributed by atoms with van der Waals surface area (Å²) in [6.07, 6.45) is 0. The Morgan fingerprint density at radius 2 is 1.91 bits per heavy atom. The highest BCUT2D eigenvalue weighted by Crippen LogP contribution is 2.28. The summed E-state index contributed by atoms with van der Waals surface area (Å²) in [4.78, 5) is 0. The molecule has 1 aliphatic heterocycles. The number of halogens is 2. The van der Waals surface area contributed by atoms with Crippen LogP contribution in [0.25, 0.3) is 0 Å². The highest BCUT2D eigenvalue weighted by molar-refractivity contribution is 5.47. The molecule has 0 saturated heterocycles. The first-order valence-electron chi connectivity index (χ1n) is 3.13. The number of hydrogen-bond acceptors (Lipinski definition) is 2. The fourth-order valence-corrected chi connectivity index (χ4v) is 0.985. The molecule has 1 heterocycles. The van der Waals surface area contributed by atoms with E-state index in [4.69, 9.17) is 0 Å². The van der Waals surface area contributed by atoms with Gasteiger partial charge in [0.15, 0.2) is 11.6 Å². The molecule has 4 heteroatoms. The largest absolute Gasteiger partial charge is 0.204 e. The lowest BCUT2D eigenvalue weighted by molar-refractivity contribution is 0.508. The van der Waals surface area contributed by atoms with E-state index in [1.807, 2.05) is 0 Å². The van der Waals surface area contributed by atoms with Gasteiger partial charge in [0.05, 0.1) is 12.2 Å². The molecule has 0 spiro atoms. The maximum Gasteiger partial charge on any atom is 0.161 e. The van der Waals surface area contributed by atoms with Crippen molar-refractivity contribution in [2.45, 2.75) is 6.54 Å². The van der Waals surface area contributed by atoms with Crippen molar-refractivity contribution in [3.05, 3.63) is 29.3 Å². The Hall–Kier alpha value is -1.32. The van der Waals surface area contributed by atoms with Gasteiger partial charge < -0.3 is 0 Å². The summed E-state index contributed by atoms with van der Waals surface area (Å²) >= 11 is 0. The summed E-state index contributed by atoms with van der Waals surface area (Å²) in [5.74, 6) is -1.71. The number of azo groups is 1. The third-order valence-electron chi connectivity index (χ3n) is 1.54. The Morgan fingerprint density at radius 3 is 2.73 bits per heavy atom. The molecule has 0 fully saturated rings. The lowest BCUT2D eigenvalue weighted by Crippen LogP contribution is -1.85. The van der Waals surface area contributed by atoms with Gasteiger partial charge in [-0.05, 0) is 6.07 Å². The van der Waals surface area contributed by atoms with E-state index in [-0.39, 0.29) is 0 Å². The number of hydrogen-bond donors (Lipinski definition) is 0. The molecule has 0 bridgehead atoms. The zero-order chi connectivity index (χ0) is 7.84. The second-order valence-electron chi connectivity index (χ2n) is 2.29. The van der Waals surface area contributed by atoms with Gasteiger partial charge in [-0.3, -0.25) is 0 Å². The maximum absolute atomic E-state index is 12.5. The molecule has 0 saturated carbocycles. The summed E-state index contributed by atoms with van der Waals surface area (Å²) in [5, 5.41) is 7.24. The number of rotatable bonds is 0. The molecule has 56 valence electrons. The van der Waals surface area contributed by atoms with Gasteiger partial charge in [-0.15, -0.1) is 0 Å². The first-order chi connectivity index (χ1) is 5.27. The first-order valence-corrected chi connectivity index (χ1v) is 3.13. The zero-order valence-electron chi connectivity index (χ0n) is 5.51. The van der Waals surface area contributed by atoms with Crippen LogP contribution >= 0.6 is 0 Å². The standard InChI is InChI=1S/C7H4F2N2/c8-5-1-4-3-10-11-7(4)2-6(5)9/h1-2H,3H2. The Kier molecular flexibility index (Phi) is 1.21. The molecule has 0 atom stereocenters. The van der Waals surface area contributed by atoms with Crippen LogP contribution < -0.4 is 0 Å². The highest BCUT2D eigenvalue weighted by Gasteiger charge is 2.12. The molecule has 0 aromatic heterocycles. The molecule has 0 aliphatic carbocycles. The quantitative estimate of drug-likeness (QED) is 0.548. The Labute approximate surface area is 61.6 Å². The second-order valence-corrected chi connectivity index (χ2v) is 2.29. The average Bonchev–Trinajstić information content (AvgIpc) is 2.36. The molecule has 1 aromatic carbocycles. The smallest absolute Gasteiger partial charge is 0.161 e. The van der Waals surface area contributed by atoms with Gasteiger partial charge >= 0.3 is 0 Å². The topological polar surface area (TPSA) is 24.7 Å². The molecular weight excluding hydrogens is 150 g/mol. The summed E-state index contributed by atoms with van der Waals surface area (Å²) in [5.41, 5.74) is 1.08. The van der Waals surface area contributed by atoms with Gasteiger partial charge in [-0.1, -0.05) is 0 Å². The zero-order valence-corrected chi connectivity index (χ0v) is 5.51. The lowest BCUT2D eigenvalue weighted by atomic mass is 10.2. The van der Waals surface area contributed by atoms with Crippen molar-refractivity contribution < 1.29 is 8.78 Å². The van der Waals surface area contributed by atoms with Crippen LogP contribution in [0.1, 0.15) is 5.56 Å². The summed E-state index contributed by atoms with van der Waals surface area (Å²) in [6.45, 7) is 0.354. The minimum atomic E-state index is -0.871. The van der Waals surface area contributed by atoms with Gasteiger partial charge in [0.25, 0.3) is 0 Å². The molecule has 0 unspecified atom stereocenters. The molecule has 0 amide bonds. The Morgan fingerprint density at radius 1 is 1.18 bits per heavy atom. The second kappa shape index (κ2) is 2.08. The molecule has 0 radical (unpaired) electrons. The van der Waals surface area contributed by atoms with E-state index in [9.17, 15) is 8.78 Å². The van der Waals surface area contributed by atoms with E-state index >= 15 is 0 Å². The Balaban J connectivity index is 2.63. The van der Waals surface area contributed by atoms with E-state index in [1.54, 1.807) is 0 Å². The summed E-state index contributed by atoms with van der Waals surface area (Å²) < 4.78 is 25.0. The third-order valence-corrected chi connectivity index (χ3v) is 1.54. The van der Waals surface area contributed by atoms with Crippen molar-refractivity contribution in [2.24, 2.45) is 10.2 Å². The molecule has 2 nitrogen and oxygen atoms in total. The number of fused-ring (bicyclic) bond motifs is 1. The monoisotopic (exact) mass is 154 g/mol. The lowest BCUT2D eigenvalue weighted by Gasteiger charge is -1.95. The molecular formula is C7H4F2N2. The molecule has 0 N–H and O–H groups in total. The molecule has 2 rings (SSSR count). The van der Waals surface area contributed by atoms with Gasteiger partial charge in [0.2, 0.25) is 0 Å². The molecule has 1 aliphatic rings. The third kappa shape index (κ3) is 0.906. The molecule has 11 heavy (non-hydrogen) atoms. The predicted molar refractivity (Wildman–Crippen MR) is 34.6 cm³/mol. The number of benzene rings is 1. The minimum absolute atomic E-state index is 0.354. The SMILES string of the molecule is Fc1cc2c(cc1F)N=NC2. The Bertz CT molecular complexity index is 333. The van der Waals surface area contributed by atoms with Crippen LogP contribution in [-0.2, 0) is 6.54 Å². The molecule has 1 aromatic rings. The fraction of sp³-hybridized carbons (Fsp3) is 0.143. The normalized spacial score (nSPS) is 13.6. The van der Waals surface area contributed by atoms with Gasteiger partial charge in [-0.25, -0.2) is 8.78 Å². The van der Waals surface area contributed by atoms with Crippen LogP contribution in [0.3, 0.4) is 0 Å². The predicted octanol–water partition coefficient (Wildman–Crippen LogP) is 2.56. The van der Waals surface area contributed by atoms with Crippen LogP contribution in [0, 0.1) is 11.6 Å². The van der Waals surface area contributed by atoms with E-state index < -0.39 is 11.6 Å². The van der Waals surface area contributed by atoms with E-state index in [0.717, 1.165) is 12.1 Å². The summed E-state index contributed by atoms with van der Waals surface area (Å²) in [6, 6.07) is 2.19. The maximum atomic E-state index is 12.5. The van der Waals surface area contributed by atoms with Crippen LogP contribution in [-0.4, -0.2) is 0 Å². The average molecular weight is 154 g/mol. The van der Waals surface area contributed by atoms with Crippen molar-refractivity contribution in [3.63, 3.8) is 0 Å². The van der Waals surface area contributed by atoms with Crippen molar-refractivity contribution in [1.29, 1.82) is 0 Å². The van der Waals surface area contributed by atoms with Crippen molar-refractivity contribution in [3.8, 4) is 0 Å². The van der Waals surface area contributed by atoms with Gasteiger partial charge in [0.1, 0.15) is 0 Å². The van der Waals surface area contributed by atoms with Gasteiger partial charge in [-0.2, -0.15) is 10.2 Å².